The van der Waals surface area contributed by atoms with Gasteiger partial charge < -0.3 is 5.32 Å². The number of anilines is 1. The van der Waals surface area contributed by atoms with Gasteiger partial charge in [0.05, 0.1) is 0 Å². The van der Waals surface area contributed by atoms with Crippen LogP contribution >= 0.6 is 11.6 Å². The molecule has 1 aromatic heterocycles. The van der Waals surface area contributed by atoms with E-state index in [4.69, 9.17) is 11.6 Å². The van der Waals surface area contributed by atoms with Crippen molar-refractivity contribution in [3.63, 3.8) is 0 Å². The lowest BCUT2D eigenvalue weighted by molar-refractivity contribution is 0.101. The number of nitrogens with zero attached hydrogens (tertiary/aromatic N) is 3. The molecule has 8 heteroatoms. The zero-order valence-corrected chi connectivity index (χ0v) is 17.8. The molecule has 0 spiro atoms. The lowest BCUT2D eigenvalue weighted by atomic mass is 10.0. The normalized spacial score (nSPS) is 17.9. The third-order valence-electron chi connectivity index (χ3n) is 5.35. The van der Waals surface area contributed by atoms with Crippen molar-refractivity contribution in [2.24, 2.45) is 0 Å². The van der Waals surface area contributed by atoms with Crippen molar-refractivity contribution >= 4 is 23.2 Å². The lowest BCUT2D eigenvalue weighted by Gasteiger charge is -2.13. The predicted molar refractivity (Wildman–Crippen MR) is 124 cm³/mol. The van der Waals surface area contributed by atoms with Gasteiger partial charge in [0.15, 0.2) is 5.82 Å². The summed E-state index contributed by atoms with van der Waals surface area (Å²) in [5, 5.41) is 8.01. The molecular weight excluding hydrogens is 424 g/mol. The predicted octanol–water partition coefficient (Wildman–Crippen LogP) is 4.59. The number of carbonyl (C=O) groups is 1. The van der Waals surface area contributed by atoms with E-state index in [1.807, 2.05) is 48.5 Å². The molecule has 3 N–H and O–H groups in total. The smallest absolute Gasteiger partial charge is 0.295 e. The maximum atomic E-state index is 12.9. The highest BCUT2D eigenvalue weighted by Gasteiger charge is 2.30. The van der Waals surface area contributed by atoms with Gasteiger partial charge in [0.25, 0.3) is 5.91 Å². The second kappa shape index (κ2) is 8.92. The van der Waals surface area contributed by atoms with Gasteiger partial charge in [-0.25, -0.2) is 20.5 Å². The van der Waals surface area contributed by atoms with Gasteiger partial charge in [-0.3, -0.25) is 4.79 Å². The van der Waals surface area contributed by atoms with Crippen LogP contribution in [0.15, 0.2) is 84.9 Å². The molecule has 4 aromatic rings. The van der Waals surface area contributed by atoms with E-state index < -0.39 is 0 Å². The second-order valence-electron chi connectivity index (χ2n) is 7.53. The van der Waals surface area contributed by atoms with Crippen LogP contribution in [0.5, 0.6) is 0 Å². The Bertz CT molecular complexity index is 1210. The van der Waals surface area contributed by atoms with Gasteiger partial charge in [-0.2, -0.15) is 0 Å². The second-order valence-corrected chi connectivity index (χ2v) is 7.97. The van der Waals surface area contributed by atoms with Crippen molar-refractivity contribution in [2.45, 2.75) is 18.6 Å². The van der Waals surface area contributed by atoms with Crippen molar-refractivity contribution in [1.82, 2.24) is 25.6 Å². The molecule has 2 atom stereocenters. The average molecular weight is 445 g/mol. The molecule has 1 aliphatic rings. The molecule has 0 bridgehead atoms. The van der Waals surface area contributed by atoms with E-state index in [9.17, 15) is 4.79 Å². The van der Waals surface area contributed by atoms with E-state index >= 15 is 0 Å². The fraction of sp³-hybridized carbons (Fsp3) is 0.125. The van der Waals surface area contributed by atoms with Crippen LogP contribution in [0.1, 0.15) is 34.8 Å². The van der Waals surface area contributed by atoms with Crippen LogP contribution in [0, 0.1) is 0 Å². The van der Waals surface area contributed by atoms with Crippen molar-refractivity contribution in [1.29, 1.82) is 0 Å². The topological polar surface area (TPSA) is 83.9 Å². The highest BCUT2D eigenvalue weighted by molar-refractivity contribution is 6.30. The molecule has 32 heavy (non-hydrogen) atoms. The summed E-state index contributed by atoms with van der Waals surface area (Å²) in [7, 11) is 0. The standard InChI is InChI=1S/C24H21ClN6O/c25-18-11-13-19(14-12-18)26-24(32)22-27-23(17-9-5-2-6-10-17)31(30-22)21-15-20(28-29-21)16-7-3-1-4-8-16/h1-14,20-21,28-29H,15H2,(H,26,32). The molecule has 0 aliphatic carbocycles. The third-order valence-corrected chi connectivity index (χ3v) is 5.60. The number of hydrazine groups is 1. The highest BCUT2D eigenvalue weighted by Crippen LogP contribution is 2.30. The Morgan fingerprint density at radius 3 is 2.34 bits per heavy atom. The van der Waals surface area contributed by atoms with Crippen molar-refractivity contribution in [2.75, 3.05) is 5.32 Å². The maximum absolute atomic E-state index is 12.9. The van der Waals surface area contributed by atoms with E-state index in [1.165, 1.54) is 5.56 Å². The number of nitrogens with one attached hydrogen (secondary N) is 3. The summed E-state index contributed by atoms with van der Waals surface area (Å²) >= 11 is 5.93. The van der Waals surface area contributed by atoms with E-state index in [2.05, 4.69) is 38.4 Å². The number of carbonyl (C=O) groups excluding carboxylic acids is 1. The first kappa shape index (κ1) is 20.4. The fourth-order valence-corrected chi connectivity index (χ4v) is 3.87. The molecular formula is C24H21ClN6O. The zero-order chi connectivity index (χ0) is 21.9. The summed E-state index contributed by atoms with van der Waals surface area (Å²) in [4.78, 5) is 17.5. The summed E-state index contributed by atoms with van der Waals surface area (Å²) in [6, 6.07) is 27.0. The van der Waals surface area contributed by atoms with Gasteiger partial charge in [-0.05, 0) is 29.8 Å². The molecule has 1 amide bonds. The van der Waals surface area contributed by atoms with Gasteiger partial charge in [-0.1, -0.05) is 72.3 Å². The van der Waals surface area contributed by atoms with Gasteiger partial charge >= 0.3 is 0 Å². The minimum absolute atomic E-state index is 0.101. The Morgan fingerprint density at radius 2 is 1.62 bits per heavy atom. The minimum atomic E-state index is -0.381. The average Bonchev–Trinajstić information content (AvgIpc) is 3.49. The first-order valence-corrected chi connectivity index (χ1v) is 10.7. The number of hydrogen-bond donors (Lipinski definition) is 3. The van der Waals surface area contributed by atoms with E-state index in [1.54, 1.807) is 28.9 Å². The summed E-state index contributed by atoms with van der Waals surface area (Å²) in [5.74, 6) is 0.345. The summed E-state index contributed by atoms with van der Waals surface area (Å²) < 4.78 is 1.78. The van der Waals surface area contributed by atoms with Crippen LogP contribution in [-0.2, 0) is 0 Å². The maximum Gasteiger partial charge on any atom is 0.295 e. The van der Waals surface area contributed by atoms with E-state index in [-0.39, 0.29) is 23.9 Å². The first-order chi connectivity index (χ1) is 15.7. The Kier molecular flexibility index (Phi) is 5.68. The fourth-order valence-electron chi connectivity index (χ4n) is 3.74. The minimum Gasteiger partial charge on any atom is -0.319 e. The molecule has 7 nitrogen and oxygen atoms in total. The number of benzene rings is 3. The van der Waals surface area contributed by atoms with E-state index in [0.29, 0.717) is 16.5 Å². The quantitative estimate of drug-likeness (QED) is 0.419. The van der Waals surface area contributed by atoms with Gasteiger partial charge in [0.1, 0.15) is 6.17 Å². The highest BCUT2D eigenvalue weighted by atomic mass is 35.5. The molecule has 160 valence electrons. The monoisotopic (exact) mass is 444 g/mol. The molecule has 5 rings (SSSR count). The van der Waals surface area contributed by atoms with Crippen molar-refractivity contribution in [3.8, 4) is 11.4 Å². The largest absolute Gasteiger partial charge is 0.319 e. The molecule has 0 radical (unpaired) electrons. The molecule has 2 unspecified atom stereocenters. The van der Waals surface area contributed by atoms with Crippen LogP contribution in [0.25, 0.3) is 11.4 Å². The van der Waals surface area contributed by atoms with E-state index in [0.717, 1.165) is 12.0 Å². The Hall–Kier alpha value is -3.52. The van der Waals surface area contributed by atoms with Crippen LogP contribution in [-0.4, -0.2) is 20.7 Å². The SMILES string of the molecule is O=C(Nc1ccc(Cl)cc1)c1nc(-c2ccccc2)n(C2CC(c3ccccc3)NN2)n1. The van der Waals surface area contributed by atoms with Crippen LogP contribution in [0.2, 0.25) is 5.02 Å². The Balaban J connectivity index is 1.44. The Morgan fingerprint density at radius 1 is 0.938 bits per heavy atom. The van der Waals surface area contributed by atoms with Gasteiger partial charge in [-0.15, -0.1) is 5.10 Å². The zero-order valence-electron chi connectivity index (χ0n) is 17.1. The number of rotatable bonds is 5. The van der Waals surface area contributed by atoms with Crippen LogP contribution in [0.3, 0.4) is 0 Å². The number of halogens is 1. The Labute approximate surface area is 190 Å². The molecule has 1 aliphatic heterocycles. The van der Waals surface area contributed by atoms with Crippen LogP contribution in [0.4, 0.5) is 5.69 Å². The summed E-state index contributed by atoms with van der Waals surface area (Å²) in [5.41, 5.74) is 9.33. The summed E-state index contributed by atoms with van der Waals surface area (Å²) in [6.07, 6.45) is 0.589. The van der Waals surface area contributed by atoms with Crippen LogP contribution < -0.4 is 16.2 Å². The number of amides is 1. The van der Waals surface area contributed by atoms with Crippen molar-refractivity contribution < 1.29 is 4.79 Å². The number of aromatic nitrogens is 3. The summed E-state index contributed by atoms with van der Waals surface area (Å²) in [6.45, 7) is 0. The van der Waals surface area contributed by atoms with Gasteiger partial charge in [0, 0.05) is 28.7 Å². The first-order valence-electron chi connectivity index (χ1n) is 10.3. The molecule has 0 saturated carbocycles. The van der Waals surface area contributed by atoms with Gasteiger partial charge in [0.2, 0.25) is 5.82 Å². The molecule has 1 saturated heterocycles. The third kappa shape index (κ3) is 4.27. The molecule has 2 heterocycles. The number of hydrogen-bond acceptors (Lipinski definition) is 5. The molecule has 1 fully saturated rings. The van der Waals surface area contributed by atoms with Crippen molar-refractivity contribution in [3.05, 3.63) is 101 Å². The molecule has 3 aromatic carbocycles. The lowest BCUT2D eigenvalue weighted by Crippen LogP contribution is -2.30.